The van der Waals surface area contributed by atoms with Gasteiger partial charge in [0.05, 0.1) is 11.6 Å². The monoisotopic (exact) mass is 291 g/mol. The lowest BCUT2D eigenvalue weighted by Crippen LogP contribution is -2.26. The van der Waals surface area contributed by atoms with Crippen LogP contribution < -0.4 is 10.1 Å². The Labute approximate surface area is 122 Å². The van der Waals surface area contributed by atoms with Crippen LogP contribution in [0.5, 0.6) is 5.75 Å². The summed E-state index contributed by atoms with van der Waals surface area (Å²) in [6, 6.07) is 13.1. The van der Waals surface area contributed by atoms with Gasteiger partial charge in [-0.3, -0.25) is 0 Å². The number of hydrogen-bond acceptors (Lipinski definition) is 2. The molecular formula is C16H15ClFNO. The summed E-state index contributed by atoms with van der Waals surface area (Å²) in [6.07, 6.45) is 0.893. The molecule has 1 unspecified atom stereocenters. The normalized spacial score (nSPS) is 17.4. The number of halogens is 2. The van der Waals surface area contributed by atoms with Crippen LogP contribution in [0.3, 0.4) is 0 Å². The summed E-state index contributed by atoms with van der Waals surface area (Å²) in [7, 11) is 0. The fraction of sp³-hybridized carbons (Fsp3) is 0.250. The summed E-state index contributed by atoms with van der Waals surface area (Å²) in [4.78, 5) is 0. The lowest BCUT2D eigenvalue weighted by molar-refractivity contribution is 0.252. The summed E-state index contributed by atoms with van der Waals surface area (Å²) >= 11 is 5.97. The Morgan fingerprint density at radius 1 is 1.20 bits per heavy atom. The number of para-hydroxylation sites is 1. The maximum Gasteiger partial charge on any atom is 0.142 e. The van der Waals surface area contributed by atoms with E-state index in [-0.39, 0.29) is 16.9 Å². The molecule has 1 N–H and O–H groups in total. The van der Waals surface area contributed by atoms with Crippen molar-refractivity contribution in [1.29, 1.82) is 0 Å². The molecule has 1 aliphatic rings. The van der Waals surface area contributed by atoms with E-state index in [1.54, 1.807) is 6.07 Å². The Morgan fingerprint density at radius 3 is 2.95 bits per heavy atom. The zero-order valence-corrected chi connectivity index (χ0v) is 11.7. The van der Waals surface area contributed by atoms with Crippen LogP contribution in [0, 0.1) is 5.82 Å². The van der Waals surface area contributed by atoms with E-state index in [1.807, 2.05) is 24.3 Å². The summed E-state index contributed by atoms with van der Waals surface area (Å²) < 4.78 is 19.0. The summed E-state index contributed by atoms with van der Waals surface area (Å²) in [6.45, 7) is 1.22. The number of hydrogen-bond donors (Lipinski definition) is 1. The molecule has 0 bridgehead atoms. The molecule has 0 fully saturated rings. The lowest BCUT2D eigenvalue weighted by atomic mass is 10.0. The number of ether oxygens (including phenoxy) is 1. The average molecular weight is 292 g/mol. The topological polar surface area (TPSA) is 21.3 Å². The van der Waals surface area contributed by atoms with Crippen LogP contribution in [-0.2, 0) is 6.54 Å². The first kappa shape index (κ1) is 13.4. The van der Waals surface area contributed by atoms with E-state index < -0.39 is 0 Å². The number of rotatable bonds is 3. The molecule has 3 rings (SSSR count). The SMILES string of the molecule is Fc1cccc(CNC2CCOc3ccccc32)c1Cl. The summed E-state index contributed by atoms with van der Waals surface area (Å²) in [5.74, 6) is 0.542. The largest absolute Gasteiger partial charge is 0.493 e. The van der Waals surface area contributed by atoms with Gasteiger partial charge in [-0.15, -0.1) is 0 Å². The van der Waals surface area contributed by atoms with Gasteiger partial charge in [0, 0.05) is 24.6 Å². The summed E-state index contributed by atoms with van der Waals surface area (Å²) in [5.41, 5.74) is 1.92. The number of fused-ring (bicyclic) bond motifs is 1. The zero-order valence-electron chi connectivity index (χ0n) is 10.9. The molecule has 0 saturated carbocycles. The Kier molecular flexibility index (Phi) is 3.90. The molecule has 20 heavy (non-hydrogen) atoms. The Hall–Kier alpha value is -1.58. The highest BCUT2D eigenvalue weighted by atomic mass is 35.5. The summed E-state index contributed by atoms with van der Waals surface area (Å²) in [5, 5.41) is 3.63. The van der Waals surface area contributed by atoms with Gasteiger partial charge >= 0.3 is 0 Å². The molecule has 104 valence electrons. The Bertz CT molecular complexity index is 617. The smallest absolute Gasteiger partial charge is 0.142 e. The van der Waals surface area contributed by atoms with Crippen molar-refractivity contribution in [3.05, 3.63) is 64.4 Å². The second-order valence-electron chi connectivity index (χ2n) is 4.82. The van der Waals surface area contributed by atoms with E-state index in [2.05, 4.69) is 11.4 Å². The first-order valence-electron chi connectivity index (χ1n) is 6.63. The molecule has 2 aromatic carbocycles. The highest BCUT2D eigenvalue weighted by Gasteiger charge is 2.20. The fourth-order valence-electron chi connectivity index (χ4n) is 2.47. The van der Waals surface area contributed by atoms with Gasteiger partial charge < -0.3 is 10.1 Å². The first-order valence-corrected chi connectivity index (χ1v) is 7.01. The number of benzene rings is 2. The van der Waals surface area contributed by atoms with Crippen molar-refractivity contribution in [2.24, 2.45) is 0 Å². The van der Waals surface area contributed by atoms with Crippen molar-refractivity contribution in [3.8, 4) is 5.75 Å². The highest BCUT2D eigenvalue weighted by molar-refractivity contribution is 6.31. The van der Waals surface area contributed by atoms with Gasteiger partial charge in [-0.25, -0.2) is 4.39 Å². The van der Waals surface area contributed by atoms with Crippen LogP contribution in [0.15, 0.2) is 42.5 Å². The molecule has 0 aliphatic carbocycles. The van der Waals surface area contributed by atoms with Gasteiger partial charge in [-0.05, 0) is 17.7 Å². The van der Waals surface area contributed by atoms with E-state index in [9.17, 15) is 4.39 Å². The minimum absolute atomic E-state index is 0.195. The van der Waals surface area contributed by atoms with Gasteiger partial charge in [-0.1, -0.05) is 41.9 Å². The zero-order chi connectivity index (χ0) is 13.9. The highest BCUT2D eigenvalue weighted by Crippen LogP contribution is 2.32. The van der Waals surface area contributed by atoms with E-state index in [1.165, 1.54) is 6.07 Å². The van der Waals surface area contributed by atoms with E-state index in [4.69, 9.17) is 16.3 Å². The van der Waals surface area contributed by atoms with Crippen molar-refractivity contribution in [2.75, 3.05) is 6.61 Å². The van der Waals surface area contributed by atoms with Gasteiger partial charge in [0.1, 0.15) is 11.6 Å². The molecule has 0 saturated heterocycles. The van der Waals surface area contributed by atoms with Crippen molar-refractivity contribution in [3.63, 3.8) is 0 Å². The molecule has 2 aromatic rings. The first-order chi connectivity index (χ1) is 9.75. The Morgan fingerprint density at radius 2 is 2.05 bits per heavy atom. The molecule has 4 heteroatoms. The second kappa shape index (κ2) is 5.81. The molecule has 0 aromatic heterocycles. The minimum Gasteiger partial charge on any atom is -0.493 e. The van der Waals surface area contributed by atoms with Crippen molar-refractivity contribution in [2.45, 2.75) is 19.0 Å². The van der Waals surface area contributed by atoms with Crippen LogP contribution in [-0.4, -0.2) is 6.61 Å². The predicted octanol–water partition coefficient (Wildman–Crippen LogP) is 4.09. The van der Waals surface area contributed by atoms with Crippen molar-refractivity contribution in [1.82, 2.24) is 5.32 Å². The van der Waals surface area contributed by atoms with Crippen molar-refractivity contribution < 1.29 is 9.13 Å². The Balaban J connectivity index is 1.75. The maximum atomic E-state index is 13.4. The molecule has 1 heterocycles. The molecule has 0 amide bonds. The van der Waals surface area contributed by atoms with Crippen LogP contribution in [0.25, 0.3) is 0 Å². The van der Waals surface area contributed by atoms with E-state index in [0.717, 1.165) is 23.3 Å². The third-order valence-corrected chi connectivity index (χ3v) is 3.95. The van der Waals surface area contributed by atoms with Crippen molar-refractivity contribution >= 4 is 11.6 Å². The standard InChI is InChI=1S/C16H15ClFNO/c17-16-11(4-3-6-13(16)18)10-19-14-8-9-20-15-7-2-1-5-12(14)15/h1-7,14,19H,8-10H2. The second-order valence-corrected chi connectivity index (χ2v) is 5.20. The molecule has 1 atom stereocenters. The third kappa shape index (κ3) is 2.65. The third-order valence-electron chi connectivity index (χ3n) is 3.53. The predicted molar refractivity (Wildman–Crippen MR) is 77.5 cm³/mol. The average Bonchev–Trinajstić information content (AvgIpc) is 2.49. The van der Waals surface area contributed by atoms with Gasteiger partial charge in [0.15, 0.2) is 0 Å². The van der Waals surface area contributed by atoms with Crippen LogP contribution in [0.2, 0.25) is 5.02 Å². The molecular weight excluding hydrogens is 277 g/mol. The maximum absolute atomic E-state index is 13.4. The molecule has 0 radical (unpaired) electrons. The number of nitrogens with one attached hydrogen (secondary N) is 1. The lowest BCUT2D eigenvalue weighted by Gasteiger charge is -2.27. The van der Waals surface area contributed by atoms with Gasteiger partial charge in [0.25, 0.3) is 0 Å². The van der Waals surface area contributed by atoms with Crippen LogP contribution in [0.1, 0.15) is 23.6 Å². The van der Waals surface area contributed by atoms with E-state index in [0.29, 0.717) is 13.2 Å². The van der Waals surface area contributed by atoms with Crippen LogP contribution >= 0.6 is 11.6 Å². The molecule has 2 nitrogen and oxygen atoms in total. The molecule has 1 aliphatic heterocycles. The minimum atomic E-state index is -0.377. The molecule has 0 spiro atoms. The van der Waals surface area contributed by atoms with Crippen LogP contribution in [0.4, 0.5) is 4.39 Å². The van der Waals surface area contributed by atoms with Gasteiger partial charge in [0.2, 0.25) is 0 Å². The fourth-order valence-corrected chi connectivity index (χ4v) is 2.67. The van der Waals surface area contributed by atoms with Gasteiger partial charge in [-0.2, -0.15) is 0 Å². The quantitative estimate of drug-likeness (QED) is 0.919. The van der Waals surface area contributed by atoms with E-state index >= 15 is 0 Å².